The fourth-order valence-electron chi connectivity index (χ4n) is 2.99. The van der Waals surface area contributed by atoms with E-state index in [2.05, 4.69) is 6.92 Å². The molecule has 0 bridgehead atoms. The molecule has 0 aliphatic heterocycles. The van der Waals surface area contributed by atoms with Crippen molar-refractivity contribution in [3.05, 3.63) is 0 Å². The van der Waals surface area contributed by atoms with Gasteiger partial charge in [-0.05, 0) is 12.8 Å². The van der Waals surface area contributed by atoms with E-state index in [0.29, 0.717) is 12.8 Å². The molecule has 0 radical (unpaired) electrons. The molecule has 0 atom stereocenters. The molecule has 0 fully saturated rings. The van der Waals surface area contributed by atoms with Crippen molar-refractivity contribution in [2.45, 2.75) is 97.3 Å². The van der Waals surface area contributed by atoms with Crippen LogP contribution in [-0.2, 0) is 9.59 Å². The Morgan fingerprint density at radius 2 is 1.04 bits per heavy atom. The van der Waals surface area contributed by atoms with Crippen molar-refractivity contribution < 1.29 is 19.8 Å². The summed E-state index contributed by atoms with van der Waals surface area (Å²) >= 11 is 0. The first-order valence-corrected chi connectivity index (χ1v) is 8.98. The Bertz CT molecular complexity index is 304. The van der Waals surface area contributed by atoms with Gasteiger partial charge in [0.05, 0.1) is 0 Å². The normalized spacial score (nSPS) is 11.0. The van der Waals surface area contributed by atoms with Crippen molar-refractivity contribution >= 4 is 41.5 Å². The Labute approximate surface area is 163 Å². The molecule has 0 aliphatic rings. The van der Waals surface area contributed by atoms with Crippen LogP contribution in [0, 0.1) is 5.41 Å². The van der Waals surface area contributed by atoms with Crippen molar-refractivity contribution in [1.82, 2.24) is 0 Å². The number of carboxylic acid groups (broad SMARTS) is 2. The Kier molecular flexibility index (Phi) is 16.9. The van der Waals surface area contributed by atoms with Gasteiger partial charge in [0.2, 0.25) is 0 Å². The first-order chi connectivity index (χ1) is 10.5. The third-order valence-electron chi connectivity index (χ3n) is 4.45. The Morgan fingerprint density at radius 1 is 0.652 bits per heavy atom. The fraction of sp³-hybridized carbons (Fsp3) is 0.889. The van der Waals surface area contributed by atoms with E-state index in [9.17, 15) is 19.8 Å². The van der Waals surface area contributed by atoms with Gasteiger partial charge in [0.25, 0.3) is 0 Å². The zero-order valence-electron chi connectivity index (χ0n) is 14.4. The third-order valence-corrected chi connectivity index (χ3v) is 4.45. The minimum absolute atomic E-state index is 0. The molecule has 0 saturated heterocycles. The van der Waals surface area contributed by atoms with Crippen molar-refractivity contribution in [2.24, 2.45) is 5.41 Å². The average Bonchev–Trinajstić information content (AvgIpc) is 2.47. The molecule has 0 amide bonds. The summed E-state index contributed by atoms with van der Waals surface area (Å²) in [6, 6.07) is 0. The molecular weight excluding hydrogens is 303 g/mol. The molecular formula is C18H35NaO4. The first-order valence-electron chi connectivity index (χ1n) is 8.98. The van der Waals surface area contributed by atoms with Gasteiger partial charge in [-0.2, -0.15) is 0 Å². The van der Waals surface area contributed by atoms with E-state index >= 15 is 0 Å². The molecule has 0 saturated carbocycles. The molecule has 4 nitrogen and oxygen atoms in total. The topological polar surface area (TPSA) is 74.6 Å². The van der Waals surface area contributed by atoms with E-state index in [4.69, 9.17) is 0 Å². The van der Waals surface area contributed by atoms with Crippen molar-refractivity contribution in [1.29, 1.82) is 0 Å². The number of hydrogen-bond donors (Lipinski definition) is 2. The SMILES string of the molecule is CCCCCCCCCCCCC(CCC)(C(=O)O)C(=O)O.[NaH]. The van der Waals surface area contributed by atoms with E-state index < -0.39 is 17.4 Å². The number of aliphatic carboxylic acids is 2. The second-order valence-corrected chi connectivity index (χ2v) is 6.37. The van der Waals surface area contributed by atoms with E-state index in [1.807, 2.05) is 6.92 Å². The van der Waals surface area contributed by atoms with Gasteiger partial charge in [-0.25, -0.2) is 0 Å². The van der Waals surface area contributed by atoms with Gasteiger partial charge in [-0.15, -0.1) is 0 Å². The van der Waals surface area contributed by atoms with Crippen LogP contribution < -0.4 is 0 Å². The molecule has 0 aliphatic carbocycles. The molecule has 23 heavy (non-hydrogen) atoms. The van der Waals surface area contributed by atoms with Crippen LogP contribution in [0.1, 0.15) is 97.3 Å². The van der Waals surface area contributed by atoms with Crippen LogP contribution in [0.5, 0.6) is 0 Å². The third kappa shape index (κ3) is 10.4. The van der Waals surface area contributed by atoms with Crippen LogP contribution in [0.15, 0.2) is 0 Å². The molecule has 132 valence electrons. The van der Waals surface area contributed by atoms with E-state index in [0.717, 1.165) is 12.8 Å². The van der Waals surface area contributed by atoms with Crippen molar-refractivity contribution in [3.63, 3.8) is 0 Å². The number of hydrogen-bond acceptors (Lipinski definition) is 2. The summed E-state index contributed by atoms with van der Waals surface area (Å²) in [7, 11) is 0. The van der Waals surface area contributed by atoms with E-state index in [1.165, 1.54) is 44.9 Å². The fourth-order valence-corrected chi connectivity index (χ4v) is 2.99. The van der Waals surface area contributed by atoms with Crippen LogP contribution in [0.3, 0.4) is 0 Å². The van der Waals surface area contributed by atoms with Gasteiger partial charge < -0.3 is 10.2 Å². The van der Waals surface area contributed by atoms with Crippen LogP contribution in [-0.4, -0.2) is 51.7 Å². The molecule has 5 heteroatoms. The van der Waals surface area contributed by atoms with Gasteiger partial charge in [0, 0.05) is 0 Å². The second kappa shape index (κ2) is 15.5. The first kappa shape index (κ1) is 25.2. The molecule has 0 aromatic rings. The molecule has 0 unspecified atom stereocenters. The summed E-state index contributed by atoms with van der Waals surface area (Å²) in [6.45, 7) is 4.05. The standard InChI is InChI=1S/C18H34O4.Na.H/c1-3-5-6-7-8-9-10-11-12-13-15-18(14-4-2,16(19)20)17(21)22;;/h3-15H2,1-2H3,(H,19,20)(H,21,22);;. The molecule has 2 N–H and O–H groups in total. The molecule has 0 aromatic carbocycles. The summed E-state index contributed by atoms with van der Waals surface area (Å²) in [4.78, 5) is 22.7. The molecule has 0 spiro atoms. The van der Waals surface area contributed by atoms with Crippen LogP contribution in [0.25, 0.3) is 0 Å². The summed E-state index contributed by atoms with van der Waals surface area (Å²) in [6.07, 6.45) is 12.7. The van der Waals surface area contributed by atoms with Crippen LogP contribution in [0.4, 0.5) is 0 Å². The Morgan fingerprint density at radius 3 is 1.39 bits per heavy atom. The maximum atomic E-state index is 11.4. The second-order valence-electron chi connectivity index (χ2n) is 6.37. The molecule has 0 heterocycles. The van der Waals surface area contributed by atoms with Gasteiger partial charge >= 0.3 is 41.5 Å². The number of rotatable bonds is 15. The number of carbonyl (C=O) groups is 2. The predicted octanol–water partition coefficient (Wildman–Crippen LogP) is 4.60. The zero-order valence-corrected chi connectivity index (χ0v) is 14.4. The van der Waals surface area contributed by atoms with Crippen molar-refractivity contribution in [2.75, 3.05) is 0 Å². The summed E-state index contributed by atoms with van der Waals surface area (Å²) < 4.78 is 0. The van der Waals surface area contributed by atoms with Crippen LogP contribution in [0.2, 0.25) is 0 Å². The van der Waals surface area contributed by atoms with Gasteiger partial charge in [-0.1, -0.05) is 84.5 Å². The summed E-state index contributed by atoms with van der Waals surface area (Å²) in [5.74, 6) is -2.37. The number of carboxylic acids is 2. The van der Waals surface area contributed by atoms with E-state index in [1.54, 1.807) is 0 Å². The Balaban J connectivity index is 0. The quantitative estimate of drug-likeness (QED) is 0.260. The van der Waals surface area contributed by atoms with E-state index in [-0.39, 0.29) is 42.4 Å². The van der Waals surface area contributed by atoms with Gasteiger partial charge in [0.15, 0.2) is 5.41 Å². The summed E-state index contributed by atoms with van der Waals surface area (Å²) in [5.41, 5.74) is -1.57. The number of unbranched alkanes of at least 4 members (excludes halogenated alkanes) is 9. The molecule has 0 aromatic heterocycles. The van der Waals surface area contributed by atoms with Crippen LogP contribution >= 0.6 is 0 Å². The van der Waals surface area contributed by atoms with Gasteiger partial charge in [-0.3, -0.25) is 9.59 Å². The van der Waals surface area contributed by atoms with Gasteiger partial charge in [0.1, 0.15) is 0 Å². The average molecular weight is 338 g/mol. The minimum atomic E-state index is -1.57. The molecule has 0 rings (SSSR count). The van der Waals surface area contributed by atoms with Crippen molar-refractivity contribution in [3.8, 4) is 0 Å². The maximum absolute atomic E-state index is 11.4. The zero-order chi connectivity index (χ0) is 16.8. The Hall–Kier alpha value is -0.0600. The summed E-state index contributed by atoms with van der Waals surface area (Å²) in [5, 5.41) is 18.6. The monoisotopic (exact) mass is 338 g/mol. The predicted molar refractivity (Wildman–Crippen MR) is 96.2 cm³/mol.